The molecule has 1 fully saturated rings. The Labute approximate surface area is 284 Å². The summed E-state index contributed by atoms with van der Waals surface area (Å²) in [5.41, 5.74) is 3.54. The second kappa shape index (κ2) is 13.2. The maximum absolute atomic E-state index is 15.4. The van der Waals surface area contributed by atoms with Gasteiger partial charge >= 0.3 is 0 Å². The van der Waals surface area contributed by atoms with E-state index in [1.54, 1.807) is 30.6 Å². The first-order valence-electron chi connectivity index (χ1n) is 15.9. The second-order valence-corrected chi connectivity index (χ2v) is 12.8. The summed E-state index contributed by atoms with van der Waals surface area (Å²) in [6, 6.07) is 20.9. The van der Waals surface area contributed by atoms with Gasteiger partial charge in [-0.25, -0.2) is 4.39 Å². The summed E-state index contributed by atoms with van der Waals surface area (Å²) in [6.45, 7) is 4.51. The van der Waals surface area contributed by atoms with Gasteiger partial charge in [-0.15, -0.1) is 11.3 Å². The van der Waals surface area contributed by atoms with Gasteiger partial charge < -0.3 is 19.5 Å². The van der Waals surface area contributed by atoms with Gasteiger partial charge in [-0.05, 0) is 42.0 Å². The van der Waals surface area contributed by atoms with Crippen LogP contribution in [0.25, 0.3) is 26.5 Å². The first-order chi connectivity index (χ1) is 24.0. The van der Waals surface area contributed by atoms with E-state index in [9.17, 15) is 9.59 Å². The van der Waals surface area contributed by atoms with E-state index in [1.807, 2.05) is 36.5 Å². The lowest BCUT2D eigenvalue weighted by atomic mass is 10.1. The average Bonchev–Trinajstić information content (AvgIpc) is 3.78. The van der Waals surface area contributed by atoms with Crippen LogP contribution < -0.4 is 20.3 Å². The van der Waals surface area contributed by atoms with Crippen LogP contribution in [0.4, 0.5) is 10.1 Å². The standard InChI is InChI=1S/C37H30FN5O5S/c38-27-18-25(41-36(44)33-34-24(11-15-47-34)22-43(37(33)45)26-4-2-1-3-5-26)7-9-30(27)48-31-10-12-39-29-19-32(49-35(29)31)28-8-6-23(20-40-28)21-42-13-16-46-17-14-42/h1-10,12,18-20,22H,11,13-17,21H2,(H,41,44). The lowest BCUT2D eigenvalue weighted by Crippen LogP contribution is -2.35. The number of halogens is 1. The van der Waals surface area contributed by atoms with E-state index in [0.717, 1.165) is 65.3 Å². The molecule has 0 radical (unpaired) electrons. The number of nitrogens with zero attached hydrogens (tertiary/aromatic N) is 4. The largest absolute Gasteiger partial charge is 0.492 e. The number of anilines is 1. The van der Waals surface area contributed by atoms with E-state index in [4.69, 9.17) is 19.2 Å². The number of thiophene rings is 1. The lowest BCUT2D eigenvalue weighted by molar-refractivity contribution is 0.0341. The minimum absolute atomic E-state index is 0.0265. The molecule has 1 N–H and O–H groups in total. The molecule has 1 saturated heterocycles. The van der Waals surface area contributed by atoms with Crippen molar-refractivity contribution in [2.24, 2.45) is 0 Å². The molecule has 2 aliphatic rings. The number of para-hydroxylation sites is 1. The number of rotatable bonds is 8. The van der Waals surface area contributed by atoms with Crippen LogP contribution in [0.2, 0.25) is 0 Å². The van der Waals surface area contributed by atoms with E-state index < -0.39 is 17.3 Å². The Kier molecular flexibility index (Phi) is 8.34. The number of carbonyl (C=O) groups is 1. The number of fused-ring (bicyclic) bond motifs is 2. The molecule has 1 amide bonds. The zero-order valence-electron chi connectivity index (χ0n) is 26.2. The molecule has 0 unspecified atom stereocenters. The molecule has 0 saturated carbocycles. The number of carbonyl (C=O) groups excluding carboxylic acids is 1. The van der Waals surface area contributed by atoms with Gasteiger partial charge in [-0.3, -0.25) is 29.0 Å². The topological polar surface area (TPSA) is 108 Å². The highest BCUT2D eigenvalue weighted by atomic mass is 32.1. The first-order valence-corrected chi connectivity index (χ1v) is 16.7. The van der Waals surface area contributed by atoms with E-state index in [0.29, 0.717) is 30.0 Å². The molecule has 12 heteroatoms. The molecule has 0 aliphatic carbocycles. The number of pyridine rings is 3. The van der Waals surface area contributed by atoms with Gasteiger partial charge in [0, 0.05) is 73.7 Å². The van der Waals surface area contributed by atoms with E-state index in [-0.39, 0.29) is 22.7 Å². The summed E-state index contributed by atoms with van der Waals surface area (Å²) in [4.78, 5) is 39.4. The van der Waals surface area contributed by atoms with Gasteiger partial charge in [0.05, 0.1) is 40.6 Å². The third kappa shape index (κ3) is 6.29. The Morgan fingerprint density at radius 1 is 0.980 bits per heavy atom. The molecule has 0 atom stereocenters. The van der Waals surface area contributed by atoms with Crippen LogP contribution >= 0.6 is 11.3 Å². The van der Waals surface area contributed by atoms with Crippen molar-refractivity contribution in [2.45, 2.75) is 13.0 Å². The van der Waals surface area contributed by atoms with E-state index in [2.05, 4.69) is 21.3 Å². The molecular weight excluding hydrogens is 646 g/mol. The fraction of sp³-hybridized carbons (Fsp3) is 0.189. The predicted octanol–water partition coefficient (Wildman–Crippen LogP) is 6.46. The Balaban J connectivity index is 1.00. The molecule has 8 rings (SSSR count). The molecular formula is C37H30FN5O5S. The molecule has 6 heterocycles. The number of aromatic nitrogens is 3. The normalized spacial score (nSPS) is 14.4. The molecule has 49 heavy (non-hydrogen) atoms. The Bertz CT molecular complexity index is 2230. The zero-order chi connectivity index (χ0) is 33.3. The fourth-order valence-electron chi connectivity index (χ4n) is 6.01. The summed E-state index contributed by atoms with van der Waals surface area (Å²) in [7, 11) is 0. The predicted molar refractivity (Wildman–Crippen MR) is 185 cm³/mol. The monoisotopic (exact) mass is 675 g/mol. The maximum atomic E-state index is 15.4. The van der Waals surface area contributed by atoms with Crippen molar-refractivity contribution in [3.8, 4) is 33.5 Å². The zero-order valence-corrected chi connectivity index (χ0v) is 27.0. The van der Waals surface area contributed by atoms with Gasteiger partial charge in [0.25, 0.3) is 11.5 Å². The number of hydrogen-bond acceptors (Lipinski definition) is 9. The van der Waals surface area contributed by atoms with Crippen molar-refractivity contribution >= 4 is 33.1 Å². The summed E-state index contributed by atoms with van der Waals surface area (Å²) in [5, 5.41) is 2.67. The van der Waals surface area contributed by atoms with Gasteiger partial charge in [0.1, 0.15) is 17.1 Å². The molecule has 2 aromatic carbocycles. The molecule has 0 bridgehead atoms. The molecule has 10 nitrogen and oxygen atoms in total. The SMILES string of the molecule is O=C(Nc1ccc(Oc2ccnc3cc(-c4ccc(CN5CCOCC5)cn4)sc23)c(F)c1)c1c2c(cn(-c3ccccc3)c1=O)CCO2. The van der Waals surface area contributed by atoms with Gasteiger partial charge in [0.2, 0.25) is 0 Å². The van der Waals surface area contributed by atoms with Crippen LogP contribution in [0.15, 0.2) is 96.2 Å². The summed E-state index contributed by atoms with van der Waals surface area (Å²) in [5.74, 6) is -0.702. The molecule has 6 aromatic rings. The van der Waals surface area contributed by atoms with Gasteiger partial charge in [-0.2, -0.15) is 0 Å². The third-order valence-corrected chi connectivity index (χ3v) is 9.65. The quantitative estimate of drug-likeness (QED) is 0.196. The molecule has 0 spiro atoms. The molecule has 2 aliphatic heterocycles. The van der Waals surface area contributed by atoms with Gasteiger partial charge in [0.15, 0.2) is 11.6 Å². The van der Waals surface area contributed by atoms with Crippen LogP contribution in [-0.2, 0) is 17.7 Å². The number of hydrogen-bond donors (Lipinski definition) is 1. The number of benzene rings is 2. The van der Waals surface area contributed by atoms with Crippen LogP contribution in [0.3, 0.4) is 0 Å². The summed E-state index contributed by atoms with van der Waals surface area (Å²) < 4.78 is 34.8. The van der Waals surface area contributed by atoms with Crippen molar-refractivity contribution in [1.29, 1.82) is 0 Å². The van der Waals surface area contributed by atoms with E-state index >= 15 is 4.39 Å². The summed E-state index contributed by atoms with van der Waals surface area (Å²) >= 11 is 1.46. The lowest BCUT2D eigenvalue weighted by Gasteiger charge is -2.26. The Morgan fingerprint density at radius 3 is 2.63 bits per heavy atom. The van der Waals surface area contributed by atoms with Crippen LogP contribution in [-0.4, -0.2) is 58.3 Å². The summed E-state index contributed by atoms with van der Waals surface area (Å²) in [6.07, 6.45) is 5.78. The van der Waals surface area contributed by atoms with Crippen molar-refractivity contribution < 1.29 is 23.4 Å². The highest BCUT2D eigenvalue weighted by Crippen LogP contribution is 2.39. The minimum atomic E-state index is -0.689. The van der Waals surface area contributed by atoms with Crippen molar-refractivity contribution in [3.05, 3.63) is 124 Å². The smallest absolute Gasteiger partial charge is 0.271 e. The van der Waals surface area contributed by atoms with Crippen LogP contribution in [0.5, 0.6) is 17.2 Å². The van der Waals surface area contributed by atoms with Crippen LogP contribution in [0.1, 0.15) is 21.5 Å². The third-order valence-electron chi connectivity index (χ3n) is 8.49. The first kappa shape index (κ1) is 30.9. The second-order valence-electron chi connectivity index (χ2n) is 11.7. The number of morpholine rings is 1. The average molecular weight is 676 g/mol. The Morgan fingerprint density at radius 2 is 1.84 bits per heavy atom. The molecule has 4 aromatic heterocycles. The fourth-order valence-corrected chi connectivity index (χ4v) is 7.06. The molecule has 246 valence electrons. The Hall–Kier alpha value is -5.43. The number of nitrogens with one attached hydrogen (secondary N) is 1. The number of ether oxygens (including phenoxy) is 3. The van der Waals surface area contributed by atoms with Crippen molar-refractivity contribution in [3.63, 3.8) is 0 Å². The van der Waals surface area contributed by atoms with Gasteiger partial charge in [-0.1, -0.05) is 24.3 Å². The maximum Gasteiger partial charge on any atom is 0.271 e. The van der Waals surface area contributed by atoms with E-state index in [1.165, 1.54) is 28.0 Å². The van der Waals surface area contributed by atoms with Crippen molar-refractivity contribution in [2.75, 3.05) is 38.2 Å². The number of amides is 1. The van der Waals surface area contributed by atoms with Crippen LogP contribution in [0, 0.1) is 5.82 Å². The highest BCUT2D eigenvalue weighted by molar-refractivity contribution is 7.22. The highest BCUT2D eigenvalue weighted by Gasteiger charge is 2.27. The van der Waals surface area contributed by atoms with Crippen molar-refractivity contribution in [1.82, 2.24) is 19.4 Å². The minimum Gasteiger partial charge on any atom is -0.492 e.